The van der Waals surface area contributed by atoms with Crippen LogP contribution in [0.25, 0.3) is 0 Å². The maximum atomic E-state index is 13.0. The third-order valence-electron chi connectivity index (χ3n) is 3.21. The number of benzene rings is 1. The number of nitrogens with zero attached hydrogens (tertiary/aromatic N) is 2. The molecule has 0 fully saturated rings. The Labute approximate surface area is 144 Å². The first-order valence-corrected chi connectivity index (χ1v) is 6.95. The van der Waals surface area contributed by atoms with Crippen LogP contribution in [0.3, 0.4) is 0 Å². The maximum absolute atomic E-state index is 13.0. The van der Waals surface area contributed by atoms with Gasteiger partial charge in [0, 0.05) is 6.20 Å². The van der Waals surface area contributed by atoms with E-state index in [2.05, 4.69) is 10.4 Å². The van der Waals surface area contributed by atoms with E-state index in [1.54, 1.807) is 11.8 Å². The van der Waals surface area contributed by atoms with E-state index in [1.807, 2.05) is 24.3 Å². The van der Waals surface area contributed by atoms with Crippen molar-refractivity contribution in [3.63, 3.8) is 0 Å². The van der Waals surface area contributed by atoms with Gasteiger partial charge in [0.05, 0.1) is 38.5 Å². The number of nitrogens with one attached hydrogen (secondary N) is 1. The summed E-state index contributed by atoms with van der Waals surface area (Å²) >= 11 is 0. The van der Waals surface area contributed by atoms with Gasteiger partial charge in [-0.3, -0.25) is 9.48 Å². The summed E-state index contributed by atoms with van der Waals surface area (Å²) in [5, 5.41) is 6.20. The summed E-state index contributed by atoms with van der Waals surface area (Å²) in [6, 6.07) is 7.40. The number of nitrogens with two attached hydrogens (primary N) is 1. The standard InChI is InChI=1S/C15H18F2N4O2.ClH/c1-23-13-4-2-11(3-5-13)7-21-8-12(6-20-21)14(22)19-10-15(16,17)9-18;/h2-6,8H,7,9-10,18H2,1H3,(H,19,22);1H. The van der Waals surface area contributed by atoms with E-state index in [0.29, 0.717) is 6.54 Å². The number of ether oxygens (including phenoxy) is 1. The molecule has 0 unspecified atom stereocenters. The third kappa shape index (κ3) is 5.47. The summed E-state index contributed by atoms with van der Waals surface area (Å²) in [4.78, 5) is 11.8. The molecule has 24 heavy (non-hydrogen) atoms. The Kier molecular flexibility index (Phi) is 7.12. The number of halogens is 3. The van der Waals surface area contributed by atoms with Gasteiger partial charge in [-0.05, 0) is 17.7 Å². The van der Waals surface area contributed by atoms with Crippen molar-refractivity contribution < 1.29 is 18.3 Å². The molecule has 0 saturated heterocycles. The van der Waals surface area contributed by atoms with E-state index >= 15 is 0 Å². The molecule has 6 nitrogen and oxygen atoms in total. The van der Waals surface area contributed by atoms with Crippen LogP contribution in [0, 0.1) is 0 Å². The number of carbonyl (C=O) groups is 1. The second-order valence-electron chi connectivity index (χ2n) is 5.02. The summed E-state index contributed by atoms with van der Waals surface area (Å²) in [6.45, 7) is -1.16. The van der Waals surface area contributed by atoms with Gasteiger partial charge < -0.3 is 15.8 Å². The molecule has 0 radical (unpaired) electrons. The lowest BCUT2D eigenvalue weighted by molar-refractivity contribution is 0.0118. The highest BCUT2D eigenvalue weighted by molar-refractivity contribution is 5.93. The average Bonchev–Trinajstić information content (AvgIpc) is 3.02. The fourth-order valence-corrected chi connectivity index (χ4v) is 1.87. The molecule has 9 heteroatoms. The fraction of sp³-hybridized carbons (Fsp3) is 0.333. The van der Waals surface area contributed by atoms with E-state index < -0.39 is 24.9 Å². The summed E-state index contributed by atoms with van der Waals surface area (Å²) < 4.78 is 32.7. The number of amides is 1. The first-order chi connectivity index (χ1) is 10.9. The molecule has 0 aliphatic rings. The lowest BCUT2D eigenvalue weighted by atomic mass is 10.2. The summed E-state index contributed by atoms with van der Waals surface area (Å²) in [5.74, 6) is -2.98. The van der Waals surface area contributed by atoms with Crippen LogP contribution in [0.2, 0.25) is 0 Å². The topological polar surface area (TPSA) is 82.2 Å². The molecule has 0 saturated carbocycles. The van der Waals surface area contributed by atoms with E-state index in [9.17, 15) is 13.6 Å². The zero-order valence-corrected chi connectivity index (χ0v) is 13.9. The van der Waals surface area contributed by atoms with Crippen molar-refractivity contribution in [3.8, 4) is 5.75 Å². The van der Waals surface area contributed by atoms with Crippen LogP contribution < -0.4 is 15.8 Å². The number of hydrogen-bond donors (Lipinski definition) is 2. The second kappa shape index (κ2) is 8.60. The average molecular weight is 361 g/mol. The minimum Gasteiger partial charge on any atom is -0.497 e. The lowest BCUT2D eigenvalue weighted by Crippen LogP contribution is -2.41. The smallest absolute Gasteiger partial charge is 0.277 e. The van der Waals surface area contributed by atoms with Crippen LogP contribution in [0.4, 0.5) is 8.78 Å². The molecule has 0 atom stereocenters. The molecule has 1 aromatic heterocycles. The van der Waals surface area contributed by atoms with Crippen LogP contribution >= 0.6 is 12.4 Å². The molecule has 2 rings (SSSR count). The molecule has 2 aromatic rings. The Morgan fingerprint density at radius 3 is 2.62 bits per heavy atom. The first-order valence-electron chi connectivity index (χ1n) is 6.95. The SMILES string of the molecule is COc1ccc(Cn2cc(C(=O)NCC(F)(F)CN)cn2)cc1.Cl. The molecule has 0 aliphatic heterocycles. The van der Waals surface area contributed by atoms with E-state index in [1.165, 1.54) is 12.4 Å². The van der Waals surface area contributed by atoms with Crippen molar-refractivity contribution in [1.82, 2.24) is 15.1 Å². The van der Waals surface area contributed by atoms with Crippen molar-refractivity contribution >= 4 is 18.3 Å². The van der Waals surface area contributed by atoms with Gasteiger partial charge in [0.25, 0.3) is 11.8 Å². The van der Waals surface area contributed by atoms with Gasteiger partial charge >= 0.3 is 0 Å². The molecule has 1 heterocycles. The van der Waals surface area contributed by atoms with E-state index in [4.69, 9.17) is 10.5 Å². The Bertz CT molecular complexity index is 662. The quantitative estimate of drug-likeness (QED) is 0.787. The minimum atomic E-state index is -3.12. The van der Waals surface area contributed by atoms with E-state index in [-0.39, 0.29) is 18.0 Å². The molecular weight excluding hydrogens is 342 g/mol. The van der Waals surface area contributed by atoms with Crippen molar-refractivity contribution in [3.05, 3.63) is 47.8 Å². The van der Waals surface area contributed by atoms with Crippen LogP contribution in [0.15, 0.2) is 36.7 Å². The third-order valence-corrected chi connectivity index (χ3v) is 3.21. The zero-order valence-electron chi connectivity index (χ0n) is 13.0. The molecular formula is C15H19ClF2N4O2. The molecule has 0 aliphatic carbocycles. The van der Waals surface area contributed by atoms with E-state index in [0.717, 1.165) is 11.3 Å². The number of methoxy groups -OCH3 is 1. The number of rotatable bonds is 7. The molecule has 0 spiro atoms. The summed E-state index contributed by atoms with van der Waals surface area (Å²) in [5.41, 5.74) is 6.10. The van der Waals surface area contributed by atoms with Gasteiger partial charge in [-0.1, -0.05) is 12.1 Å². The second-order valence-corrected chi connectivity index (χ2v) is 5.02. The summed E-state index contributed by atoms with van der Waals surface area (Å²) in [7, 11) is 1.58. The zero-order chi connectivity index (χ0) is 16.9. The predicted molar refractivity (Wildman–Crippen MR) is 87.9 cm³/mol. The van der Waals surface area contributed by atoms with Gasteiger partial charge in [0.15, 0.2) is 0 Å². The Balaban J connectivity index is 0.00000288. The van der Waals surface area contributed by atoms with Crippen LogP contribution in [-0.4, -0.2) is 41.8 Å². The monoisotopic (exact) mass is 360 g/mol. The highest BCUT2D eigenvalue weighted by Gasteiger charge is 2.27. The predicted octanol–water partition coefficient (Wildman–Crippen LogP) is 1.69. The molecule has 3 N–H and O–H groups in total. The van der Waals surface area contributed by atoms with Crippen LogP contribution in [0.1, 0.15) is 15.9 Å². The Morgan fingerprint density at radius 2 is 2.04 bits per heavy atom. The van der Waals surface area contributed by atoms with Gasteiger partial charge in [0.1, 0.15) is 5.75 Å². The van der Waals surface area contributed by atoms with Gasteiger partial charge in [-0.15, -0.1) is 12.4 Å². The molecule has 0 bridgehead atoms. The van der Waals surface area contributed by atoms with Gasteiger partial charge in [-0.2, -0.15) is 5.10 Å². The fourth-order valence-electron chi connectivity index (χ4n) is 1.87. The van der Waals surface area contributed by atoms with Crippen molar-refractivity contribution in [2.75, 3.05) is 20.2 Å². The number of hydrogen-bond acceptors (Lipinski definition) is 4. The normalized spacial score (nSPS) is 10.8. The maximum Gasteiger partial charge on any atom is 0.277 e. The Morgan fingerprint density at radius 1 is 1.38 bits per heavy atom. The van der Waals surface area contributed by atoms with Crippen LogP contribution in [0.5, 0.6) is 5.75 Å². The number of carbonyl (C=O) groups excluding carboxylic acids is 1. The number of aromatic nitrogens is 2. The molecule has 1 amide bonds. The van der Waals surface area contributed by atoms with Crippen LogP contribution in [-0.2, 0) is 6.54 Å². The van der Waals surface area contributed by atoms with Crippen molar-refractivity contribution in [1.29, 1.82) is 0 Å². The highest BCUT2D eigenvalue weighted by atomic mass is 35.5. The Hall–Kier alpha value is -2.19. The lowest BCUT2D eigenvalue weighted by Gasteiger charge is -2.13. The van der Waals surface area contributed by atoms with Gasteiger partial charge in [-0.25, -0.2) is 8.78 Å². The first kappa shape index (κ1) is 19.9. The van der Waals surface area contributed by atoms with Gasteiger partial charge in [0.2, 0.25) is 0 Å². The minimum absolute atomic E-state index is 0. The van der Waals surface area contributed by atoms with Crippen molar-refractivity contribution in [2.24, 2.45) is 5.73 Å². The molecule has 132 valence electrons. The van der Waals surface area contributed by atoms with Crippen molar-refractivity contribution in [2.45, 2.75) is 12.5 Å². The number of alkyl halides is 2. The summed E-state index contributed by atoms with van der Waals surface area (Å²) in [6.07, 6.45) is 2.83. The molecule has 1 aromatic carbocycles. The largest absolute Gasteiger partial charge is 0.497 e. The highest BCUT2D eigenvalue weighted by Crippen LogP contribution is 2.13.